The van der Waals surface area contributed by atoms with Crippen LogP contribution in [-0.2, 0) is 0 Å². The molecule has 12 heavy (non-hydrogen) atoms. The molecule has 1 rings (SSSR count). The van der Waals surface area contributed by atoms with E-state index in [2.05, 4.69) is 11.8 Å². The summed E-state index contributed by atoms with van der Waals surface area (Å²) in [6.07, 6.45) is 1.58. The van der Waals surface area contributed by atoms with Crippen LogP contribution in [0.1, 0.15) is 5.56 Å². The SMILES string of the molecule is C=Cc1cc([B]O)cc(N=O)c1. The fourth-order valence-electron chi connectivity index (χ4n) is 0.904. The first-order chi connectivity index (χ1) is 5.80. The van der Waals surface area contributed by atoms with Gasteiger partial charge in [0.2, 0.25) is 0 Å². The highest BCUT2D eigenvalue weighted by Crippen LogP contribution is 2.12. The summed E-state index contributed by atoms with van der Waals surface area (Å²) in [6.45, 7) is 3.54. The Bertz CT molecular complexity index is 286. The topological polar surface area (TPSA) is 49.7 Å². The van der Waals surface area contributed by atoms with E-state index < -0.39 is 0 Å². The molecular formula is C8H7BNO2. The first-order valence-electron chi connectivity index (χ1n) is 3.38. The Morgan fingerprint density at radius 1 is 1.50 bits per heavy atom. The maximum atomic E-state index is 10.2. The minimum absolute atomic E-state index is 0.285. The van der Waals surface area contributed by atoms with E-state index in [9.17, 15) is 4.91 Å². The maximum Gasteiger partial charge on any atom is 0.326 e. The Kier molecular flexibility index (Phi) is 2.77. The number of benzene rings is 1. The molecule has 0 aliphatic carbocycles. The molecule has 0 heterocycles. The fraction of sp³-hybridized carbons (Fsp3) is 0. The van der Waals surface area contributed by atoms with Crippen LogP contribution in [-0.4, -0.2) is 12.5 Å². The summed E-state index contributed by atoms with van der Waals surface area (Å²) in [5.41, 5.74) is 1.59. The molecule has 0 aromatic heterocycles. The van der Waals surface area contributed by atoms with E-state index in [1.807, 2.05) is 0 Å². The Morgan fingerprint density at radius 3 is 2.75 bits per heavy atom. The van der Waals surface area contributed by atoms with Gasteiger partial charge < -0.3 is 5.02 Å². The fourth-order valence-corrected chi connectivity index (χ4v) is 0.904. The van der Waals surface area contributed by atoms with Crippen LogP contribution in [0.15, 0.2) is 30.0 Å². The molecule has 0 aliphatic rings. The van der Waals surface area contributed by atoms with Gasteiger partial charge in [-0.3, -0.25) is 0 Å². The zero-order valence-corrected chi connectivity index (χ0v) is 6.40. The molecule has 0 saturated carbocycles. The molecule has 0 unspecified atom stereocenters. The van der Waals surface area contributed by atoms with Gasteiger partial charge >= 0.3 is 7.48 Å². The highest BCUT2D eigenvalue weighted by Gasteiger charge is 1.99. The van der Waals surface area contributed by atoms with Crippen molar-refractivity contribution < 1.29 is 5.02 Å². The summed E-state index contributed by atoms with van der Waals surface area (Å²) < 4.78 is 0. The van der Waals surface area contributed by atoms with Gasteiger partial charge in [-0.2, -0.15) is 0 Å². The van der Waals surface area contributed by atoms with Gasteiger partial charge in [0, 0.05) is 0 Å². The molecule has 59 valence electrons. The second-order valence-electron chi connectivity index (χ2n) is 2.28. The molecule has 1 aromatic rings. The van der Waals surface area contributed by atoms with Gasteiger partial charge in [0.15, 0.2) is 0 Å². The molecule has 0 spiro atoms. The predicted octanol–water partition coefficient (Wildman–Crippen LogP) is 0.964. The normalized spacial score (nSPS) is 9.08. The highest BCUT2D eigenvalue weighted by molar-refractivity contribution is 6.45. The van der Waals surface area contributed by atoms with Crippen molar-refractivity contribution in [2.75, 3.05) is 0 Å². The Morgan fingerprint density at radius 2 is 2.25 bits per heavy atom. The van der Waals surface area contributed by atoms with Crippen LogP contribution in [0.5, 0.6) is 0 Å². The van der Waals surface area contributed by atoms with E-state index >= 15 is 0 Å². The van der Waals surface area contributed by atoms with Crippen molar-refractivity contribution in [1.82, 2.24) is 0 Å². The van der Waals surface area contributed by atoms with E-state index in [4.69, 9.17) is 5.02 Å². The monoisotopic (exact) mass is 160 g/mol. The van der Waals surface area contributed by atoms with E-state index in [1.165, 1.54) is 6.07 Å². The molecule has 0 atom stereocenters. The largest absolute Gasteiger partial charge is 0.450 e. The predicted molar refractivity (Wildman–Crippen MR) is 49.6 cm³/mol. The number of rotatable bonds is 3. The second-order valence-corrected chi connectivity index (χ2v) is 2.28. The average Bonchev–Trinajstić information content (AvgIpc) is 2.16. The minimum Gasteiger partial charge on any atom is -0.450 e. The molecule has 0 bridgehead atoms. The summed E-state index contributed by atoms with van der Waals surface area (Å²) in [6, 6.07) is 4.77. The molecule has 0 amide bonds. The van der Waals surface area contributed by atoms with E-state index in [-0.39, 0.29) is 5.69 Å². The molecule has 1 aromatic carbocycles. The van der Waals surface area contributed by atoms with Crippen LogP contribution in [0, 0.1) is 4.91 Å². The number of hydrogen-bond acceptors (Lipinski definition) is 3. The third-order valence-corrected chi connectivity index (χ3v) is 1.45. The average molecular weight is 160 g/mol. The van der Waals surface area contributed by atoms with Crippen molar-refractivity contribution in [2.45, 2.75) is 0 Å². The van der Waals surface area contributed by atoms with Crippen molar-refractivity contribution in [1.29, 1.82) is 0 Å². The van der Waals surface area contributed by atoms with Gasteiger partial charge in [-0.25, -0.2) is 0 Å². The van der Waals surface area contributed by atoms with Gasteiger partial charge in [0.1, 0.15) is 5.69 Å². The highest BCUT2D eigenvalue weighted by atomic mass is 16.3. The van der Waals surface area contributed by atoms with Crippen LogP contribution in [0.2, 0.25) is 0 Å². The standard InChI is InChI=1S/C8H7BNO2/c1-2-6-3-7(9-11)5-8(4-6)10-12/h2-5,11H,1H2. The molecule has 4 heteroatoms. The third kappa shape index (κ3) is 1.80. The van der Waals surface area contributed by atoms with Crippen molar-refractivity contribution in [3.63, 3.8) is 0 Å². The quantitative estimate of drug-likeness (QED) is 0.528. The van der Waals surface area contributed by atoms with Gasteiger partial charge in [0.25, 0.3) is 0 Å². The van der Waals surface area contributed by atoms with Gasteiger partial charge in [-0.15, -0.1) is 4.91 Å². The number of hydrogen-bond donors (Lipinski definition) is 1. The molecule has 0 aliphatic heterocycles. The molecule has 0 saturated heterocycles. The molecule has 1 N–H and O–H groups in total. The van der Waals surface area contributed by atoms with E-state index in [1.54, 1.807) is 18.2 Å². The maximum absolute atomic E-state index is 10.2. The summed E-state index contributed by atoms with van der Waals surface area (Å²) in [5.74, 6) is 0. The Labute approximate surface area is 71.0 Å². The van der Waals surface area contributed by atoms with E-state index in [0.29, 0.717) is 5.46 Å². The first-order valence-corrected chi connectivity index (χ1v) is 3.38. The summed E-state index contributed by atoms with van der Waals surface area (Å²) >= 11 is 0. The van der Waals surface area contributed by atoms with Crippen molar-refractivity contribution >= 4 is 24.7 Å². The smallest absolute Gasteiger partial charge is 0.326 e. The molecule has 1 radical (unpaired) electrons. The Hall–Kier alpha value is -1.42. The lowest BCUT2D eigenvalue weighted by atomic mass is 9.87. The summed E-state index contributed by atoms with van der Waals surface area (Å²) in [7, 11) is 0.918. The van der Waals surface area contributed by atoms with Gasteiger partial charge in [-0.1, -0.05) is 24.2 Å². The van der Waals surface area contributed by atoms with Gasteiger partial charge in [-0.05, 0) is 22.9 Å². The third-order valence-electron chi connectivity index (χ3n) is 1.45. The molecule has 3 nitrogen and oxygen atoms in total. The van der Waals surface area contributed by atoms with Crippen LogP contribution >= 0.6 is 0 Å². The number of nitroso groups, excluding NO2 is 1. The lowest BCUT2D eigenvalue weighted by molar-refractivity contribution is 0.615. The van der Waals surface area contributed by atoms with Gasteiger partial charge in [0.05, 0.1) is 0 Å². The number of nitrogens with zero attached hydrogens (tertiary/aromatic N) is 1. The lowest BCUT2D eigenvalue weighted by Gasteiger charge is -1.97. The zero-order chi connectivity index (χ0) is 8.97. The molecular weight excluding hydrogens is 153 g/mol. The summed E-state index contributed by atoms with van der Waals surface area (Å²) in [5, 5.41) is 11.4. The van der Waals surface area contributed by atoms with E-state index in [0.717, 1.165) is 13.0 Å². The first kappa shape index (κ1) is 8.68. The van der Waals surface area contributed by atoms with Crippen LogP contribution in [0.4, 0.5) is 5.69 Å². The van der Waals surface area contributed by atoms with Crippen LogP contribution in [0.3, 0.4) is 0 Å². The van der Waals surface area contributed by atoms with Crippen molar-refractivity contribution in [2.24, 2.45) is 5.18 Å². The van der Waals surface area contributed by atoms with Crippen LogP contribution < -0.4 is 5.46 Å². The lowest BCUT2D eigenvalue weighted by Crippen LogP contribution is -2.12. The summed E-state index contributed by atoms with van der Waals surface area (Å²) in [4.78, 5) is 10.2. The molecule has 0 fully saturated rings. The zero-order valence-electron chi connectivity index (χ0n) is 6.40. The van der Waals surface area contributed by atoms with Crippen molar-refractivity contribution in [3.8, 4) is 0 Å². The second kappa shape index (κ2) is 3.83. The minimum atomic E-state index is 0.285. The van der Waals surface area contributed by atoms with Crippen LogP contribution in [0.25, 0.3) is 6.08 Å². The Balaban J connectivity index is 3.18. The van der Waals surface area contributed by atoms with Crippen molar-refractivity contribution in [3.05, 3.63) is 35.2 Å².